The molecule has 0 unspecified atom stereocenters. The van der Waals surface area contributed by atoms with Gasteiger partial charge < -0.3 is 4.74 Å². The molecule has 1 aliphatic heterocycles. The van der Waals surface area contributed by atoms with Gasteiger partial charge in [0, 0.05) is 19.0 Å². The minimum absolute atomic E-state index is 0.204. The predicted molar refractivity (Wildman–Crippen MR) is 132 cm³/mol. The molecule has 0 saturated carbocycles. The maximum absolute atomic E-state index is 12.8. The Kier molecular flexibility index (Phi) is 7.73. The molecule has 3 aromatic rings. The molecule has 0 spiro atoms. The third-order valence-electron chi connectivity index (χ3n) is 6.25. The van der Waals surface area contributed by atoms with Crippen LogP contribution >= 0.6 is 0 Å². The van der Waals surface area contributed by atoms with Crippen molar-refractivity contribution in [2.24, 2.45) is 5.92 Å². The van der Waals surface area contributed by atoms with E-state index in [1.807, 2.05) is 0 Å². The van der Waals surface area contributed by atoms with E-state index in [9.17, 15) is 4.39 Å². The van der Waals surface area contributed by atoms with Gasteiger partial charge in [0.15, 0.2) is 0 Å². The van der Waals surface area contributed by atoms with Gasteiger partial charge in [0.2, 0.25) is 0 Å². The SMILES string of the molecule is CC/C(=C(\c1ccccc1)c1ccc(OCCN2CC[C@@H](CF)C2)cc1)c1ccccc1. The Labute approximate surface area is 191 Å². The lowest BCUT2D eigenvalue weighted by Gasteiger charge is -2.18. The molecule has 2 nitrogen and oxygen atoms in total. The van der Waals surface area contributed by atoms with Gasteiger partial charge in [0.1, 0.15) is 12.4 Å². The van der Waals surface area contributed by atoms with E-state index in [-0.39, 0.29) is 12.6 Å². The molecule has 1 atom stereocenters. The molecule has 0 radical (unpaired) electrons. The van der Waals surface area contributed by atoms with Gasteiger partial charge >= 0.3 is 0 Å². The fraction of sp³-hybridized carbons (Fsp3) is 0.310. The third kappa shape index (κ3) is 5.46. The fourth-order valence-corrected chi connectivity index (χ4v) is 4.54. The van der Waals surface area contributed by atoms with Crippen LogP contribution in [0.1, 0.15) is 36.5 Å². The lowest BCUT2D eigenvalue weighted by atomic mass is 9.88. The second-order valence-corrected chi connectivity index (χ2v) is 8.42. The van der Waals surface area contributed by atoms with Gasteiger partial charge in [0.25, 0.3) is 0 Å². The topological polar surface area (TPSA) is 12.5 Å². The van der Waals surface area contributed by atoms with E-state index in [0.29, 0.717) is 6.61 Å². The van der Waals surface area contributed by atoms with Gasteiger partial charge in [-0.25, -0.2) is 0 Å². The highest BCUT2D eigenvalue weighted by Crippen LogP contribution is 2.34. The van der Waals surface area contributed by atoms with E-state index in [0.717, 1.165) is 38.2 Å². The van der Waals surface area contributed by atoms with Gasteiger partial charge in [-0.05, 0) is 59.4 Å². The Bertz CT molecular complexity index is 998. The van der Waals surface area contributed by atoms with Gasteiger partial charge in [0.05, 0.1) is 6.67 Å². The molecule has 0 aliphatic carbocycles. The molecular weight excluding hydrogens is 397 g/mol. The van der Waals surface area contributed by atoms with Crippen LogP contribution in [0, 0.1) is 5.92 Å². The summed E-state index contributed by atoms with van der Waals surface area (Å²) in [6, 6.07) is 29.7. The summed E-state index contributed by atoms with van der Waals surface area (Å²) in [5, 5.41) is 0. The van der Waals surface area contributed by atoms with E-state index in [4.69, 9.17) is 4.74 Å². The number of allylic oxidation sites excluding steroid dienone is 1. The van der Waals surface area contributed by atoms with Crippen LogP contribution in [-0.2, 0) is 0 Å². The van der Waals surface area contributed by atoms with Crippen LogP contribution in [0.4, 0.5) is 4.39 Å². The Balaban J connectivity index is 1.53. The number of rotatable bonds is 9. The van der Waals surface area contributed by atoms with Crippen LogP contribution < -0.4 is 4.74 Å². The van der Waals surface area contributed by atoms with Gasteiger partial charge in [-0.15, -0.1) is 0 Å². The van der Waals surface area contributed by atoms with E-state index in [1.165, 1.54) is 27.8 Å². The van der Waals surface area contributed by atoms with Crippen LogP contribution in [0.15, 0.2) is 84.9 Å². The number of hydrogen-bond donors (Lipinski definition) is 0. The number of ether oxygens (including phenoxy) is 1. The second kappa shape index (κ2) is 11.1. The standard InChI is InChI=1S/C29H32FNO/c1-2-28(24-9-5-3-6-10-24)29(25-11-7-4-8-12-25)26-13-15-27(16-14-26)32-20-19-31-18-17-23(21-30)22-31/h3-16,23H,2,17-22H2,1H3/b29-28-/t23-/m0/s1. The van der Waals surface area contributed by atoms with Crippen molar-refractivity contribution in [3.05, 3.63) is 102 Å². The normalized spacial score (nSPS) is 17.2. The van der Waals surface area contributed by atoms with Crippen LogP contribution in [0.25, 0.3) is 11.1 Å². The van der Waals surface area contributed by atoms with E-state index < -0.39 is 0 Å². The highest BCUT2D eigenvalue weighted by atomic mass is 19.1. The van der Waals surface area contributed by atoms with Crippen LogP contribution in [0.2, 0.25) is 0 Å². The summed E-state index contributed by atoms with van der Waals surface area (Å²) in [7, 11) is 0. The smallest absolute Gasteiger partial charge is 0.119 e. The van der Waals surface area contributed by atoms with Crippen LogP contribution in [0.5, 0.6) is 5.75 Å². The maximum atomic E-state index is 12.8. The second-order valence-electron chi connectivity index (χ2n) is 8.42. The first-order chi connectivity index (χ1) is 15.8. The number of nitrogens with zero attached hydrogens (tertiary/aromatic N) is 1. The Morgan fingerprint density at radius 2 is 1.50 bits per heavy atom. The minimum Gasteiger partial charge on any atom is -0.492 e. The lowest BCUT2D eigenvalue weighted by molar-refractivity contribution is 0.228. The third-order valence-corrected chi connectivity index (χ3v) is 6.25. The zero-order valence-electron chi connectivity index (χ0n) is 18.8. The quantitative estimate of drug-likeness (QED) is 0.350. The van der Waals surface area contributed by atoms with Crippen molar-refractivity contribution in [1.82, 2.24) is 4.90 Å². The summed E-state index contributed by atoms with van der Waals surface area (Å²) in [4.78, 5) is 2.29. The zero-order chi connectivity index (χ0) is 22.2. The predicted octanol–water partition coefficient (Wildman–Crippen LogP) is 6.73. The number of likely N-dealkylation sites (tertiary alicyclic amines) is 1. The molecule has 1 aliphatic rings. The summed E-state index contributed by atoms with van der Waals surface area (Å²) in [6.45, 7) is 5.31. The largest absolute Gasteiger partial charge is 0.492 e. The van der Waals surface area contributed by atoms with Crippen molar-refractivity contribution in [3.63, 3.8) is 0 Å². The van der Waals surface area contributed by atoms with Crippen molar-refractivity contribution in [1.29, 1.82) is 0 Å². The summed E-state index contributed by atoms with van der Waals surface area (Å²) in [5.74, 6) is 1.08. The molecule has 1 fully saturated rings. The molecule has 166 valence electrons. The molecule has 0 aromatic heterocycles. The molecule has 3 heteroatoms. The number of benzene rings is 3. The average molecular weight is 430 g/mol. The molecule has 3 aromatic carbocycles. The number of hydrogen-bond acceptors (Lipinski definition) is 2. The summed E-state index contributed by atoms with van der Waals surface area (Å²) < 4.78 is 18.8. The highest BCUT2D eigenvalue weighted by Gasteiger charge is 2.21. The molecule has 1 heterocycles. The average Bonchev–Trinajstić information content (AvgIpc) is 3.32. The van der Waals surface area contributed by atoms with E-state index in [1.54, 1.807) is 0 Å². The first-order valence-electron chi connectivity index (χ1n) is 11.6. The molecule has 0 N–H and O–H groups in total. The van der Waals surface area contributed by atoms with E-state index >= 15 is 0 Å². The molecule has 0 bridgehead atoms. The number of halogens is 1. The first kappa shape index (κ1) is 22.3. The van der Waals surface area contributed by atoms with Crippen LogP contribution in [-0.4, -0.2) is 37.8 Å². The molecule has 4 rings (SSSR count). The molecule has 32 heavy (non-hydrogen) atoms. The molecule has 1 saturated heterocycles. The number of alkyl halides is 1. The Hall–Kier alpha value is -2.91. The first-order valence-corrected chi connectivity index (χ1v) is 11.6. The van der Waals surface area contributed by atoms with Crippen LogP contribution in [0.3, 0.4) is 0 Å². The Morgan fingerprint density at radius 3 is 2.09 bits per heavy atom. The zero-order valence-corrected chi connectivity index (χ0v) is 18.8. The van der Waals surface area contributed by atoms with Crippen molar-refractivity contribution in [2.75, 3.05) is 32.9 Å². The lowest BCUT2D eigenvalue weighted by Crippen LogP contribution is -2.26. The minimum atomic E-state index is -0.210. The van der Waals surface area contributed by atoms with E-state index in [2.05, 4.69) is 96.8 Å². The van der Waals surface area contributed by atoms with Crippen molar-refractivity contribution < 1.29 is 9.13 Å². The van der Waals surface area contributed by atoms with Crippen molar-refractivity contribution in [2.45, 2.75) is 19.8 Å². The summed E-state index contributed by atoms with van der Waals surface area (Å²) in [5.41, 5.74) is 6.27. The summed E-state index contributed by atoms with van der Waals surface area (Å²) in [6.07, 6.45) is 1.91. The summed E-state index contributed by atoms with van der Waals surface area (Å²) >= 11 is 0. The van der Waals surface area contributed by atoms with Crippen molar-refractivity contribution in [3.8, 4) is 5.75 Å². The maximum Gasteiger partial charge on any atom is 0.119 e. The fourth-order valence-electron chi connectivity index (χ4n) is 4.54. The monoisotopic (exact) mass is 429 g/mol. The molecule has 0 amide bonds. The Morgan fingerprint density at radius 1 is 0.875 bits per heavy atom. The van der Waals surface area contributed by atoms with Crippen molar-refractivity contribution >= 4 is 11.1 Å². The van der Waals surface area contributed by atoms with Gasteiger partial charge in [-0.1, -0.05) is 79.7 Å². The molecular formula is C29H32FNO. The van der Waals surface area contributed by atoms with Gasteiger partial charge in [-0.2, -0.15) is 0 Å². The van der Waals surface area contributed by atoms with Gasteiger partial charge in [-0.3, -0.25) is 9.29 Å². The highest BCUT2D eigenvalue weighted by molar-refractivity contribution is 5.98.